The minimum Gasteiger partial charge on any atom is -0.343 e. The molecule has 0 saturated carbocycles. The number of aryl methyl sites for hydroxylation is 1. The molecule has 0 aliphatic carbocycles. The first-order valence-corrected chi connectivity index (χ1v) is 8.60. The maximum Gasteiger partial charge on any atom is 0.224 e. The van der Waals surface area contributed by atoms with Crippen molar-refractivity contribution in [2.75, 3.05) is 24.5 Å². The molecule has 0 bridgehead atoms. The maximum atomic E-state index is 12.3. The van der Waals surface area contributed by atoms with Crippen molar-refractivity contribution >= 4 is 33.4 Å². The quantitative estimate of drug-likeness (QED) is 0.817. The number of amides is 2. The lowest BCUT2D eigenvalue weighted by molar-refractivity contribution is -0.131. The molecule has 0 atom stereocenters. The van der Waals surface area contributed by atoms with Crippen molar-refractivity contribution in [3.63, 3.8) is 0 Å². The predicted molar refractivity (Wildman–Crippen MR) is 92.0 cm³/mol. The van der Waals surface area contributed by atoms with Gasteiger partial charge < -0.3 is 9.80 Å². The Balaban J connectivity index is 2.02. The van der Waals surface area contributed by atoms with E-state index in [1.165, 1.54) is 13.3 Å². The Labute approximate surface area is 140 Å². The summed E-state index contributed by atoms with van der Waals surface area (Å²) >= 11 is 3.51. The van der Waals surface area contributed by atoms with E-state index in [9.17, 15) is 9.59 Å². The zero-order valence-electron chi connectivity index (χ0n) is 13.3. The van der Waals surface area contributed by atoms with Crippen LogP contribution < -0.4 is 4.90 Å². The minimum atomic E-state index is -0.0454. The van der Waals surface area contributed by atoms with Gasteiger partial charge in [-0.25, -0.2) is 0 Å². The predicted octanol–water partition coefficient (Wildman–Crippen LogP) is 3.51. The lowest BCUT2D eigenvalue weighted by Crippen LogP contribution is -2.39. The Morgan fingerprint density at radius 1 is 1.23 bits per heavy atom. The summed E-state index contributed by atoms with van der Waals surface area (Å²) in [7, 11) is 0. The van der Waals surface area contributed by atoms with Crippen LogP contribution in [0.1, 0.15) is 38.2 Å². The first-order valence-electron chi connectivity index (χ1n) is 7.81. The molecule has 120 valence electrons. The molecule has 5 heteroatoms. The van der Waals surface area contributed by atoms with Crippen molar-refractivity contribution in [3.8, 4) is 0 Å². The molecule has 1 aliphatic heterocycles. The summed E-state index contributed by atoms with van der Waals surface area (Å²) in [6, 6.07) is 5.88. The van der Waals surface area contributed by atoms with Crippen molar-refractivity contribution in [2.45, 2.75) is 39.5 Å². The molecule has 1 aromatic carbocycles. The average molecular weight is 367 g/mol. The topological polar surface area (TPSA) is 40.6 Å². The Hall–Kier alpha value is -1.36. The summed E-state index contributed by atoms with van der Waals surface area (Å²) in [5.74, 6) is 0.102. The molecule has 1 heterocycles. The number of piperidine rings is 1. The van der Waals surface area contributed by atoms with Crippen LogP contribution >= 0.6 is 15.9 Å². The maximum absolute atomic E-state index is 12.3. The molecule has 1 aliphatic rings. The first kappa shape index (κ1) is 17.0. The number of benzene rings is 1. The fourth-order valence-electron chi connectivity index (χ4n) is 2.79. The van der Waals surface area contributed by atoms with E-state index in [1.807, 2.05) is 30.0 Å². The van der Waals surface area contributed by atoms with E-state index in [4.69, 9.17) is 0 Å². The number of hydrogen-bond acceptors (Lipinski definition) is 2. The van der Waals surface area contributed by atoms with E-state index in [0.717, 1.165) is 41.7 Å². The van der Waals surface area contributed by atoms with Gasteiger partial charge in [0, 0.05) is 37.5 Å². The molecular weight excluding hydrogens is 344 g/mol. The lowest BCUT2D eigenvalue weighted by atomic mass is 10.1. The number of carbonyl (C=O) groups is 2. The highest BCUT2D eigenvalue weighted by Crippen LogP contribution is 2.27. The first-order chi connectivity index (χ1) is 10.5. The largest absolute Gasteiger partial charge is 0.343 e. The van der Waals surface area contributed by atoms with Crippen molar-refractivity contribution in [1.82, 2.24) is 4.90 Å². The van der Waals surface area contributed by atoms with Crippen molar-refractivity contribution in [3.05, 3.63) is 28.2 Å². The third kappa shape index (κ3) is 4.32. The zero-order valence-corrected chi connectivity index (χ0v) is 14.9. The highest BCUT2D eigenvalue weighted by molar-refractivity contribution is 9.10. The normalized spacial score (nSPS) is 14.8. The summed E-state index contributed by atoms with van der Waals surface area (Å²) in [5.41, 5.74) is 1.95. The number of hydrogen-bond donors (Lipinski definition) is 0. The summed E-state index contributed by atoms with van der Waals surface area (Å²) < 4.78 is 0.883. The van der Waals surface area contributed by atoms with E-state index in [1.54, 1.807) is 4.90 Å². The molecule has 22 heavy (non-hydrogen) atoms. The van der Waals surface area contributed by atoms with Gasteiger partial charge in [0.2, 0.25) is 11.8 Å². The molecule has 1 aromatic rings. The van der Waals surface area contributed by atoms with Crippen LogP contribution in [0.3, 0.4) is 0 Å². The third-order valence-corrected chi connectivity index (χ3v) is 4.67. The van der Waals surface area contributed by atoms with Crippen LogP contribution in [0.4, 0.5) is 5.69 Å². The van der Waals surface area contributed by atoms with Gasteiger partial charge in [-0.3, -0.25) is 9.59 Å². The molecule has 1 saturated heterocycles. The second kappa shape index (κ2) is 7.77. The van der Waals surface area contributed by atoms with E-state index in [2.05, 4.69) is 15.9 Å². The summed E-state index contributed by atoms with van der Waals surface area (Å²) in [4.78, 5) is 27.8. The van der Waals surface area contributed by atoms with Crippen molar-refractivity contribution in [1.29, 1.82) is 0 Å². The fraction of sp³-hybridized carbons (Fsp3) is 0.529. The molecule has 0 N–H and O–H groups in total. The van der Waals surface area contributed by atoms with E-state index in [-0.39, 0.29) is 11.8 Å². The van der Waals surface area contributed by atoms with Crippen molar-refractivity contribution in [2.24, 2.45) is 0 Å². The Morgan fingerprint density at radius 3 is 2.50 bits per heavy atom. The monoisotopic (exact) mass is 366 g/mol. The molecule has 2 rings (SSSR count). The van der Waals surface area contributed by atoms with Gasteiger partial charge >= 0.3 is 0 Å². The second-order valence-corrected chi connectivity index (χ2v) is 6.67. The molecule has 0 radical (unpaired) electrons. The lowest BCUT2D eigenvalue weighted by Gasteiger charge is -2.28. The third-order valence-electron chi connectivity index (χ3n) is 4.03. The molecule has 0 spiro atoms. The van der Waals surface area contributed by atoms with Crippen LogP contribution in [0.5, 0.6) is 0 Å². The highest BCUT2D eigenvalue weighted by atomic mass is 79.9. The van der Waals surface area contributed by atoms with Crippen LogP contribution in [0.15, 0.2) is 22.7 Å². The average Bonchev–Trinajstić information content (AvgIpc) is 2.49. The van der Waals surface area contributed by atoms with Gasteiger partial charge in [0.15, 0.2) is 0 Å². The summed E-state index contributed by atoms with van der Waals surface area (Å²) in [6.45, 7) is 5.68. The number of carbonyl (C=O) groups excluding carboxylic acids is 2. The van der Waals surface area contributed by atoms with E-state index in [0.29, 0.717) is 13.0 Å². The van der Waals surface area contributed by atoms with Crippen LogP contribution in [0.2, 0.25) is 0 Å². The number of rotatable bonds is 4. The summed E-state index contributed by atoms with van der Waals surface area (Å²) in [6.07, 6.45) is 3.76. The molecule has 0 aromatic heterocycles. The molecule has 4 nitrogen and oxygen atoms in total. The van der Waals surface area contributed by atoms with Gasteiger partial charge in [0.25, 0.3) is 0 Å². The SMILES string of the molecule is CC(=O)N(CCC(=O)N1CCCCC1)c1ccc(C)cc1Br. The fourth-order valence-corrected chi connectivity index (χ4v) is 3.49. The number of nitrogens with zero attached hydrogens (tertiary/aromatic N) is 2. The van der Waals surface area contributed by atoms with Gasteiger partial charge in [-0.15, -0.1) is 0 Å². The molecule has 1 fully saturated rings. The standard InChI is InChI=1S/C17H23BrN2O2/c1-13-6-7-16(15(18)12-13)20(14(2)21)11-8-17(22)19-9-4-3-5-10-19/h6-7,12H,3-5,8-11H2,1-2H3. The number of likely N-dealkylation sites (tertiary alicyclic amines) is 1. The Morgan fingerprint density at radius 2 is 1.91 bits per heavy atom. The van der Waals surface area contributed by atoms with Gasteiger partial charge in [-0.2, -0.15) is 0 Å². The highest BCUT2D eigenvalue weighted by Gasteiger charge is 2.20. The van der Waals surface area contributed by atoms with Crippen LogP contribution in [0, 0.1) is 6.92 Å². The van der Waals surface area contributed by atoms with E-state index < -0.39 is 0 Å². The zero-order chi connectivity index (χ0) is 16.1. The molecular formula is C17H23BrN2O2. The number of halogens is 1. The van der Waals surface area contributed by atoms with Crippen LogP contribution in [0.25, 0.3) is 0 Å². The van der Waals surface area contributed by atoms with Gasteiger partial charge in [-0.1, -0.05) is 6.07 Å². The molecule has 0 unspecified atom stereocenters. The Bertz CT molecular complexity index is 554. The second-order valence-electron chi connectivity index (χ2n) is 5.82. The minimum absolute atomic E-state index is 0.0454. The van der Waals surface area contributed by atoms with Gasteiger partial charge in [0.05, 0.1) is 5.69 Å². The van der Waals surface area contributed by atoms with Gasteiger partial charge in [-0.05, 0) is 59.8 Å². The summed E-state index contributed by atoms with van der Waals surface area (Å²) in [5, 5.41) is 0. The smallest absolute Gasteiger partial charge is 0.224 e. The van der Waals surface area contributed by atoms with E-state index >= 15 is 0 Å². The molecule has 2 amide bonds. The van der Waals surface area contributed by atoms with Crippen LogP contribution in [-0.2, 0) is 9.59 Å². The van der Waals surface area contributed by atoms with Crippen molar-refractivity contribution < 1.29 is 9.59 Å². The van der Waals surface area contributed by atoms with Gasteiger partial charge in [0.1, 0.15) is 0 Å². The number of anilines is 1. The Kier molecular flexibility index (Phi) is 6.00. The van der Waals surface area contributed by atoms with Crippen LogP contribution in [-0.4, -0.2) is 36.3 Å².